The van der Waals surface area contributed by atoms with Gasteiger partial charge in [-0.3, -0.25) is 4.79 Å². The molecule has 4 nitrogen and oxygen atoms in total. The predicted molar refractivity (Wildman–Crippen MR) is 64.2 cm³/mol. The largest absolute Gasteiger partial charge is 0.371 e. The molecule has 1 amide bonds. The fraction of sp³-hybridized carbons (Fsp3) is 0.417. The highest BCUT2D eigenvalue weighted by Gasteiger charge is 2.26. The molecule has 1 aromatic rings. The summed E-state index contributed by atoms with van der Waals surface area (Å²) >= 11 is 0. The van der Waals surface area contributed by atoms with E-state index in [1.54, 1.807) is 0 Å². The molecule has 0 bridgehead atoms. The molecule has 0 unspecified atom stereocenters. The van der Waals surface area contributed by atoms with Crippen molar-refractivity contribution >= 4 is 11.6 Å². The Kier molecular flexibility index (Phi) is 4.61. The van der Waals surface area contributed by atoms with Gasteiger partial charge in [0, 0.05) is 26.2 Å². The summed E-state index contributed by atoms with van der Waals surface area (Å²) in [6.07, 6.45) is 0. The van der Waals surface area contributed by atoms with Crippen LogP contribution >= 0.6 is 0 Å². The molecular formula is C12H12F5N3O. The van der Waals surface area contributed by atoms with Crippen molar-refractivity contribution in [3.05, 3.63) is 29.1 Å². The van der Waals surface area contributed by atoms with Gasteiger partial charge in [-0.15, -0.1) is 0 Å². The number of benzene rings is 1. The molecule has 1 aliphatic rings. The summed E-state index contributed by atoms with van der Waals surface area (Å²) in [6, 6.07) is 0. The summed E-state index contributed by atoms with van der Waals surface area (Å²) in [5, 5.41) is 4.99. The van der Waals surface area contributed by atoms with Gasteiger partial charge in [0.25, 0.3) is 0 Å². The van der Waals surface area contributed by atoms with E-state index in [9.17, 15) is 26.7 Å². The monoisotopic (exact) mass is 309 g/mol. The van der Waals surface area contributed by atoms with Crippen LogP contribution in [0.5, 0.6) is 0 Å². The van der Waals surface area contributed by atoms with E-state index < -0.39 is 47.2 Å². The minimum Gasteiger partial charge on any atom is -0.371 e. The third-order valence-electron chi connectivity index (χ3n) is 3.10. The molecule has 0 atom stereocenters. The number of carbonyl (C=O) groups excluding carboxylic acids is 1. The smallest absolute Gasteiger partial charge is 0.241 e. The average Bonchev–Trinajstić information content (AvgIpc) is 2.51. The maximum atomic E-state index is 13.4. The lowest BCUT2D eigenvalue weighted by Crippen LogP contribution is -2.48. The maximum Gasteiger partial charge on any atom is 0.241 e. The van der Waals surface area contributed by atoms with E-state index >= 15 is 0 Å². The van der Waals surface area contributed by atoms with Crippen LogP contribution < -0.4 is 10.6 Å². The minimum absolute atomic E-state index is 0.414. The number of halogens is 5. The van der Waals surface area contributed by atoms with E-state index in [1.807, 2.05) is 5.32 Å². The average molecular weight is 309 g/mol. The molecule has 9 heteroatoms. The van der Waals surface area contributed by atoms with Gasteiger partial charge in [0.2, 0.25) is 11.7 Å². The third kappa shape index (κ3) is 3.07. The maximum absolute atomic E-state index is 13.4. The number of nitrogens with one attached hydrogen (secondary N) is 2. The van der Waals surface area contributed by atoms with E-state index in [-0.39, 0.29) is 0 Å². The molecule has 0 aromatic heterocycles. The normalized spacial score (nSPS) is 15.2. The molecule has 0 spiro atoms. The lowest BCUT2D eigenvalue weighted by atomic mass is 10.2. The molecule has 0 radical (unpaired) electrons. The van der Waals surface area contributed by atoms with Gasteiger partial charge in [-0.1, -0.05) is 0 Å². The van der Waals surface area contributed by atoms with Crippen molar-refractivity contribution in [2.24, 2.45) is 0 Å². The highest BCUT2D eigenvalue weighted by molar-refractivity contribution is 5.81. The number of hydrogen-bond acceptors (Lipinski definition) is 3. The SMILES string of the molecule is O=C(CNc1c(F)c(F)c(F)c(F)c1F)N1CCNCC1. The Hall–Kier alpha value is -1.90. The second-order valence-corrected chi connectivity index (χ2v) is 4.43. The van der Waals surface area contributed by atoms with E-state index in [2.05, 4.69) is 5.32 Å². The van der Waals surface area contributed by atoms with Crippen LogP contribution in [0.1, 0.15) is 0 Å². The van der Waals surface area contributed by atoms with Crippen molar-refractivity contribution in [3.8, 4) is 0 Å². The van der Waals surface area contributed by atoms with Crippen molar-refractivity contribution in [1.82, 2.24) is 10.2 Å². The zero-order chi connectivity index (χ0) is 15.6. The summed E-state index contributed by atoms with van der Waals surface area (Å²) in [7, 11) is 0. The van der Waals surface area contributed by atoms with Crippen molar-refractivity contribution < 1.29 is 26.7 Å². The molecule has 116 valence electrons. The van der Waals surface area contributed by atoms with Crippen LogP contribution in [0, 0.1) is 29.1 Å². The number of rotatable bonds is 3. The number of anilines is 1. The number of amides is 1. The number of carbonyl (C=O) groups is 1. The van der Waals surface area contributed by atoms with Crippen LogP contribution in [-0.2, 0) is 4.79 Å². The molecule has 0 saturated carbocycles. The van der Waals surface area contributed by atoms with Crippen molar-refractivity contribution in [1.29, 1.82) is 0 Å². The zero-order valence-electron chi connectivity index (χ0n) is 10.8. The highest BCUT2D eigenvalue weighted by atomic mass is 19.2. The van der Waals surface area contributed by atoms with Crippen molar-refractivity contribution in [2.45, 2.75) is 0 Å². The molecule has 2 N–H and O–H groups in total. The first-order valence-electron chi connectivity index (χ1n) is 6.17. The Labute approximate surface area is 116 Å². The molecule has 1 fully saturated rings. The van der Waals surface area contributed by atoms with Crippen molar-refractivity contribution in [3.63, 3.8) is 0 Å². The summed E-state index contributed by atoms with van der Waals surface area (Å²) in [4.78, 5) is 13.2. The van der Waals surface area contributed by atoms with E-state index in [1.165, 1.54) is 4.90 Å². The summed E-state index contributed by atoms with van der Waals surface area (Å²) in [5.74, 6) is -10.8. The minimum atomic E-state index is -2.23. The topological polar surface area (TPSA) is 44.4 Å². The Balaban J connectivity index is 2.11. The standard InChI is InChI=1S/C12H12F5N3O/c13-7-8(14)10(16)12(11(17)9(7)15)19-5-6(21)20-3-1-18-2-4-20/h18-19H,1-5H2. The second-order valence-electron chi connectivity index (χ2n) is 4.43. The quantitative estimate of drug-likeness (QED) is 0.501. The number of piperazine rings is 1. The molecule has 21 heavy (non-hydrogen) atoms. The molecule has 1 saturated heterocycles. The van der Waals surface area contributed by atoms with Gasteiger partial charge < -0.3 is 15.5 Å². The first-order chi connectivity index (χ1) is 9.93. The van der Waals surface area contributed by atoms with Crippen LogP contribution in [0.4, 0.5) is 27.6 Å². The summed E-state index contributed by atoms with van der Waals surface area (Å²) in [5.41, 5.74) is -1.20. The summed E-state index contributed by atoms with van der Waals surface area (Å²) in [6.45, 7) is 1.43. The molecule has 1 aromatic carbocycles. The Morgan fingerprint density at radius 2 is 1.43 bits per heavy atom. The lowest BCUT2D eigenvalue weighted by Gasteiger charge is -2.27. The Morgan fingerprint density at radius 1 is 0.952 bits per heavy atom. The molecular weight excluding hydrogens is 297 g/mol. The molecule has 1 aliphatic heterocycles. The van der Waals surface area contributed by atoms with Gasteiger partial charge in [-0.2, -0.15) is 0 Å². The summed E-state index contributed by atoms with van der Waals surface area (Å²) < 4.78 is 65.6. The van der Waals surface area contributed by atoms with E-state index in [4.69, 9.17) is 0 Å². The van der Waals surface area contributed by atoms with Crippen LogP contribution in [-0.4, -0.2) is 43.5 Å². The number of hydrogen-bond donors (Lipinski definition) is 2. The van der Waals surface area contributed by atoms with Crippen molar-refractivity contribution in [2.75, 3.05) is 38.0 Å². The first-order valence-corrected chi connectivity index (χ1v) is 6.17. The Morgan fingerprint density at radius 3 is 1.95 bits per heavy atom. The molecule has 1 heterocycles. The molecule has 2 rings (SSSR count). The highest BCUT2D eigenvalue weighted by Crippen LogP contribution is 2.26. The van der Waals surface area contributed by atoms with Gasteiger partial charge in [0.05, 0.1) is 6.54 Å². The lowest BCUT2D eigenvalue weighted by molar-refractivity contribution is -0.129. The fourth-order valence-electron chi connectivity index (χ4n) is 1.95. The molecule has 0 aliphatic carbocycles. The fourth-order valence-corrected chi connectivity index (χ4v) is 1.95. The van der Waals surface area contributed by atoms with E-state index in [0.717, 1.165) is 0 Å². The van der Waals surface area contributed by atoms with E-state index in [0.29, 0.717) is 26.2 Å². The van der Waals surface area contributed by atoms with Gasteiger partial charge in [-0.25, -0.2) is 22.0 Å². The van der Waals surface area contributed by atoms with Crippen LogP contribution in [0.25, 0.3) is 0 Å². The number of nitrogens with zero attached hydrogens (tertiary/aromatic N) is 1. The zero-order valence-corrected chi connectivity index (χ0v) is 10.8. The van der Waals surface area contributed by atoms with Crippen LogP contribution in [0.15, 0.2) is 0 Å². The van der Waals surface area contributed by atoms with Gasteiger partial charge in [-0.05, 0) is 0 Å². The van der Waals surface area contributed by atoms with Gasteiger partial charge >= 0.3 is 0 Å². The van der Waals surface area contributed by atoms with Gasteiger partial charge in [0.1, 0.15) is 5.69 Å². The van der Waals surface area contributed by atoms with Crippen LogP contribution in [0.2, 0.25) is 0 Å². The Bertz CT molecular complexity index is 531. The third-order valence-corrected chi connectivity index (χ3v) is 3.10. The predicted octanol–water partition coefficient (Wildman–Crippen LogP) is 1.23. The van der Waals surface area contributed by atoms with Gasteiger partial charge in [0.15, 0.2) is 23.3 Å². The van der Waals surface area contributed by atoms with Crippen LogP contribution in [0.3, 0.4) is 0 Å². The first kappa shape index (κ1) is 15.5. The second kappa shape index (κ2) is 6.25.